The molecule has 1 rings (SSSR count). The number of benzene rings is 1. The fourth-order valence-electron chi connectivity index (χ4n) is 1.68. The number of halogens is 1. The Labute approximate surface area is 116 Å². The molecule has 0 radical (unpaired) electrons. The van der Waals surface area contributed by atoms with Crippen LogP contribution in [0.15, 0.2) is 22.7 Å². The Hall–Kier alpha value is -1.07. The fourth-order valence-corrected chi connectivity index (χ4v) is 2.24. The predicted octanol–water partition coefficient (Wildman–Crippen LogP) is 2.66. The molecule has 2 N–H and O–H groups in total. The Balaban J connectivity index is 3.07. The first-order valence-corrected chi connectivity index (χ1v) is 6.31. The molecular formula is C13H18BrNO3. The van der Waals surface area contributed by atoms with E-state index in [0.29, 0.717) is 0 Å². The molecule has 0 aromatic heterocycles. The topological polar surface area (TPSA) is 61.5 Å². The number of methoxy groups -OCH3 is 2. The molecule has 4 nitrogen and oxygen atoms in total. The summed E-state index contributed by atoms with van der Waals surface area (Å²) in [4.78, 5) is 11.7. The third-order valence-electron chi connectivity index (χ3n) is 3.02. The maximum atomic E-state index is 11.7. The lowest BCUT2D eigenvalue weighted by Gasteiger charge is -2.29. The minimum absolute atomic E-state index is 0.332. The predicted molar refractivity (Wildman–Crippen MR) is 73.4 cm³/mol. The van der Waals surface area contributed by atoms with E-state index in [1.807, 2.05) is 18.2 Å². The van der Waals surface area contributed by atoms with Gasteiger partial charge in [0.15, 0.2) is 0 Å². The van der Waals surface area contributed by atoms with Crippen LogP contribution in [-0.2, 0) is 9.53 Å². The Morgan fingerprint density at radius 2 is 2.00 bits per heavy atom. The van der Waals surface area contributed by atoms with Crippen LogP contribution < -0.4 is 10.5 Å². The highest BCUT2D eigenvalue weighted by molar-refractivity contribution is 9.10. The molecule has 0 saturated heterocycles. The number of hydrogen-bond donors (Lipinski definition) is 1. The zero-order chi connectivity index (χ0) is 13.9. The van der Waals surface area contributed by atoms with Crippen molar-refractivity contribution in [3.63, 3.8) is 0 Å². The number of esters is 1. The van der Waals surface area contributed by atoms with E-state index in [9.17, 15) is 4.79 Å². The van der Waals surface area contributed by atoms with E-state index in [1.54, 1.807) is 21.0 Å². The highest BCUT2D eigenvalue weighted by atomic mass is 79.9. The summed E-state index contributed by atoms with van der Waals surface area (Å²) < 4.78 is 10.7. The van der Waals surface area contributed by atoms with E-state index in [4.69, 9.17) is 15.2 Å². The Kier molecular flexibility index (Phi) is 4.76. The van der Waals surface area contributed by atoms with Gasteiger partial charge < -0.3 is 15.2 Å². The third kappa shape index (κ3) is 2.84. The van der Waals surface area contributed by atoms with Crippen molar-refractivity contribution in [1.29, 1.82) is 0 Å². The normalized spacial score (nSPS) is 13.0. The average Bonchev–Trinajstić information content (AvgIpc) is 2.36. The Morgan fingerprint density at radius 1 is 1.39 bits per heavy atom. The summed E-state index contributed by atoms with van der Waals surface area (Å²) in [5.41, 5.74) is 6.20. The zero-order valence-electron chi connectivity index (χ0n) is 11.0. The van der Waals surface area contributed by atoms with Crippen molar-refractivity contribution in [2.75, 3.05) is 14.2 Å². The van der Waals surface area contributed by atoms with E-state index < -0.39 is 11.5 Å². The summed E-state index contributed by atoms with van der Waals surface area (Å²) in [7, 11) is 2.96. The van der Waals surface area contributed by atoms with E-state index in [0.717, 1.165) is 15.8 Å². The molecule has 0 bridgehead atoms. The van der Waals surface area contributed by atoms with Gasteiger partial charge in [-0.1, -0.05) is 6.07 Å². The molecule has 0 aliphatic carbocycles. The SMILES string of the molecule is COC(=O)C(C)(C)[C@@H](N)c1ccc(OC)c(Br)c1. The van der Waals surface area contributed by atoms with Gasteiger partial charge in [-0.3, -0.25) is 4.79 Å². The number of rotatable bonds is 4. The standard InChI is InChI=1S/C13H18BrNO3/c1-13(2,12(16)18-4)11(15)8-5-6-10(17-3)9(14)7-8/h5-7,11H,15H2,1-4H3/t11-/m0/s1. The van der Waals surface area contributed by atoms with Crippen LogP contribution in [-0.4, -0.2) is 20.2 Å². The average molecular weight is 316 g/mol. The number of nitrogens with two attached hydrogens (primary N) is 1. The molecule has 18 heavy (non-hydrogen) atoms. The molecule has 100 valence electrons. The lowest BCUT2D eigenvalue weighted by molar-refractivity contribution is -0.152. The van der Waals surface area contributed by atoms with Gasteiger partial charge in [0.05, 0.1) is 24.1 Å². The maximum Gasteiger partial charge on any atom is 0.313 e. The van der Waals surface area contributed by atoms with Crippen LogP contribution in [0.5, 0.6) is 5.75 Å². The molecule has 5 heteroatoms. The minimum atomic E-state index is -0.789. The molecule has 1 atom stereocenters. The monoisotopic (exact) mass is 315 g/mol. The van der Waals surface area contributed by atoms with Crippen molar-refractivity contribution in [3.05, 3.63) is 28.2 Å². The lowest BCUT2D eigenvalue weighted by atomic mass is 9.81. The van der Waals surface area contributed by atoms with Gasteiger partial charge in [0.1, 0.15) is 5.75 Å². The number of carbonyl (C=O) groups is 1. The first-order chi connectivity index (χ1) is 8.34. The summed E-state index contributed by atoms with van der Waals surface area (Å²) in [5.74, 6) is 0.392. The highest BCUT2D eigenvalue weighted by Gasteiger charge is 2.36. The molecule has 0 heterocycles. The van der Waals surface area contributed by atoms with Crippen LogP contribution in [0.1, 0.15) is 25.5 Å². The summed E-state index contributed by atoms with van der Waals surface area (Å²) in [5, 5.41) is 0. The zero-order valence-corrected chi connectivity index (χ0v) is 12.6. The second-order valence-corrected chi connectivity index (χ2v) is 5.44. The van der Waals surface area contributed by atoms with E-state index in [-0.39, 0.29) is 5.97 Å². The van der Waals surface area contributed by atoms with Gasteiger partial charge in [0.25, 0.3) is 0 Å². The largest absolute Gasteiger partial charge is 0.496 e. The van der Waals surface area contributed by atoms with Gasteiger partial charge >= 0.3 is 5.97 Å². The second-order valence-electron chi connectivity index (χ2n) is 4.58. The van der Waals surface area contributed by atoms with Crippen molar-refractivity contribution in [3.8, 4) is 5.75 Å². The Morgan fingerprint density at radius 3 is 2.44 bits per heavy atom. The highest BCUT2D eigenvalue weighted by Crippen LogP contribution is 2.35. The third-order valence-corrected chi connectivity index (χ3v) is 3.64. The molecule has 0 fully saturated rings. The van der Waals surface area contributed by atoms with Crippen LogP contribution in [0.2, 0.25) is 0 Å². The molecule has 0 amide bonds. The van der Waals surface area contributed by atoms with Gasteiger partial charge in [0, 0.05) is 6.04 Å². The fraction of sp³-hybridized carbons (Fsp3) is 0.462. The van der Waals surface area contributed by atoms with E-state index >= 15 is 0 Å². The molecule has 0 aliphatic heterocycles. The Bertz CT molecular complexity index is 446. The lowest BCUT2D eigenvalue weighted by Crippen LogP contribution is -2.37. The summed E-state index contributed by atoms with van der Waals surface area (Å²) in [6, 6.07) is 5.06. The quantitative estimate of drug-likeness (QED) is 0.868. The van der Waals surface area contributed by atoms with Crippen molar-refractivity contribution in [1.82, 2.24) is 0 Å². The first-order valence-electron chi connectivity index (χ1n) is 5.52. The van der Waals surface area contributed by atoms with E-state index in [1.165, 1.54) is 7.11 Å². The van der Waals surface area contributed by atoms with Crippen LogP contribution in [0.4, 0.5) is 0 Å². The van der Waals surface area contributed by atoms with Gasteiger partial charge in [-0.15, -0.1) is 0 Å². The first kappa shape index (κ1) is 15.0. The van der Waals surface area contributed by atoms with Gasteiger partial charge in [-0.05, 0) is 47.5 Å². The van der Waals surface area contributed by atoms with Gasteiger partial charge in [-0.25, -0.2) is 0 Å². The maximum absolute atomic E-state index is 11.7. The van der Waals surface area contributed by atoms with Crippen molar-refractivity contribution in [2.45, 2.75) is 19.9 Å². The van der Waals surface area contributed by atoms with Gasteiger partial charge in [-0.2, -0.15) is 0 Å². The smallest absolute Gasteiger partial charge is 0.313 e. The van der Waals surface area contributed by atoms with Crippen molar-refractivity contribution < 1.29 is 14.3 Å². The van der Waals surface area contributed by atoms with Crippen molar-refractivity contribution in [2.24, 2.45) is 11.1 Å². The molecule has 0 saturated carbocycles. The molecule has 0 unspecified atom stereocenters. The molecule has 0 aliphatic rings. The number of ether oxygens (including phenoxy) is 2. The van der Waals surface area contributed by atoms with E-state index in [2.05, 4.69) is 15.9 Å². The van der Waals surface area contributed by atoms with Gasteiger partial charge in [0.2, 0.25) is 0 Å². The van der Waals surface area contributed by atoms with Crippen LogP contribution in [0.25, 0.3) is 0 Å². The number of carbonyl (C=O) groups excluding carboxylic acids is 1. The van der Waals surface area contributed by atoms with Crippen LogP contribution >= 0.6 is 15.9 Å². The van der Waals surface area contributed by atoms with Crippen molar-refractivity contribution >= 4 is 21.9 Å². The summed E-state index contributed by atoms with van der Waals surface area (Å²) in [6.45, 7) is 3.53. The minimum Gasteiger partial charge on any atom is -0.496 e. The number of hydrogen-bond acceptors (Lipinski definition) is 4. The summed E-state index contributed by atoms with van der Waals surface area (Å²) in [6.07, 6.45) is 0. The molecule has 1 aromatic rings. The second kappa shape index (κ2) is 5.71. The molecular weight excluding hydrogens is 298 g/mol. The van der Waals surface area contributed by atoms with Crippen LogP contribution in [0, 0.1) is 5.41 Å². The molecule has 1 aromatic carbocycles. The van der Waals surface area contributed by atoms with Crippen LogP contribution in [0.3, 0.4) is 0 Å². The summed E-state index contributed by atoms with van der Waals surface area (Å²) >= 11 is 3.40. The molecule has 0 spiro atoms.